The molecule has 1 aliphatic heterocycles. The summed E-state index contributed by atoms with van der Waals surface area (Å²) >= 11 is 10.7. The summed E-state index contributed by atoms with van der Waals surface area (Å²) in [5.74, 6) is 0.395. The SMILES string of the molecule is COc1ccc(CN2C(=O)N[C@](C)(c3ccc(Cl)s3)C2=O)cc1Br. The maximum atomic E-state index is 12.8. The molecule has 3 rings (SSSR count). The van der Waals surface area contributed by atoms with Crippen molar-refractivity contribution in [2.45, 2.75) is 19.0 Å². The zero-order chi connectivity index (χ0) is 17.5. The average molecular weight is 430 g/mol. The Kier molecular flexibility index (Phi) is 4.59. The zero-order valence-corrected chi connectivity index (χ0v) is 16.1. The summed E-state index contributed by atoms with van der Waals surface area (Å²) in [5.41, 5.74) is -0.266. The van der Waals surface area contributed by atoms with Crippen molar-refractivity contribution in [3.63, 3.8) is 0 Å². The number of hydrogen-bond acceptors (Lipinski definition) is 4. The molecule has 1 N–H and O–H groups in total. The largest absolute Gasteiger partial charge is 0.496 e. The van der Waals surface area contributed by atoms with E-state index in [1.54, 1.807) is 32.2 Å². The Hall–Kier alpha value is -1.57. The number of methoxy groups -OCH3 is 1. The van der Waals surface area contributed by atoms with Gasteiger partial charge in [-0.15, -0.1) is 11.3 Å². The summed E-state index contributed by atoms with van der Waals surface area (Å²) in [6.07, 6.45) is 0. The van der Waals surface area contributed by atoms with E-state index in [9.17, 15) is 9.59 Å². The predicted octanol–water partition coefficient (Wildman–Crippen LogP) is 4.14. The van der Waals surface area contributed by atoms with E-state index >= 15 is 0 Å². The molecular weight excluding hydrogens is 416 g/mol. The minimum absolute atomic E-state index is 0.182. The molecule has 1 aliphatic rings. The van der Waals surface area contributed by atoms with Crippen LogP contribution in [0.2, 0.25) is 4.34 Å². The van der Waals surface area contributed by atoms with Crippen molar-refractivity contribution in [3.8, 4) is 5.75 Å². The van der Waals surface area contributed by atoms with Gasteiger partial charge < -0.3 is 10.1 Å². The maximum Gasteiger partial charge on any atom is 0.325 e. The Labute approximate surface area is 156 Å². The van der Waals surface area contributed by atoms with Crippen molar-refractivity contribution < 1.29 is 14.3 Å². The van der Waals surface area contributed by atoms with E-state index in [0.29, 0.717) is 15.0 Å². The molecule has 126 valence electrons. The van der Waals surface area contributed by atoms with Crippen molar-refractivity contribution in [3.05, 3.63) is 49.6 Å². The Morgan fingerprint density at radius 1 is 1.33 bits per heavy atom. The highest BCUT2D eigenvalue weighted by molar-refractivity contribution is 9.10. The van der Waals surface area contributed by atoms with Crippen molar-refractivity contribution in [1.82, 2.24) is 10.2 Å². The summed E-state index contributed by atoms with van der Waals surface area (Å²) in [6, 6.07) is 8.50. The standard InChI is InChI=1S/C16H14BrClN2O3S/c1-16(12-5-6-13(18)24-12)14(21)20(15(22)19-16)8-9-3-4-11(23-2)10(17)7-9/h3-7H,8H2,1-2H3,(H,19,22)/t16-/m1/s1. The van der Waals surface area contributed by atoms with Crippen LogP contribution in [0.15, 0.2) is 34.8 Å². The Bertz CT molecular complexity index is 825. The predicted molar refractivity (Wildman–Crippen MR) is 96.5 cm³/mol. The highest BCUT2D eigenvalue weighted by Gasteiger charge is 2.49. The van der Waals surface area contributed by atoms with Crippen LogP contribution in [0.3, 0.4) is 0 Å². The number of nitrogens with one attached hydrogen (secondary N) is 1. The lowest BCUT2D eigenvalue weighted by Crippen LogP contribution is -2.40. The summed E-state index contributed by atoms with van der Waals surface area (Å²) < 4.78 is 6.53. The van der Waals surface area contributed by atoms with E-state index in [-0.39, 0.29) is 12.5 Å². The van der Waals surface area contributed by atoms with Gasteiger partial charge in [-0.3, -0.25) is 9.69 Å². The quantitative estimate of drug-likeness (QED) is 0.743. The van der Waals surface area contributed by atoms with Crippen LogP contribution in [0.5, 0.6) is 5.75 Å². The maximum absolute atomic E-state index is 12.8. The van der Waals surface area contributed by atoms with Gasteiger partial charge in [0.1, 0.15) is 5.75 Å². The molecular formula is C16H14BrClN2O3S. The van der Waals surface area contributed by atoms with E-state index < -0.39 is 11.6 Å². The highest BCUT2D eigenvalue weighted by Crippen LogP contribution is 2.36. The van der Waals surface area contributed by atoms with Crippen LogP contribution in [-0.4, -0.2) is 23.9 Å². The van der Waals surface area contributed by atoms with Gasteiger partial charge in [-0.05, 0) is 52.7 Å². The molecule has 24 heavy (non-hydrogen) atoms. The van der Waals surface area contributed by atoms with Crippen LogP contribution < -0.4 is 10.1 Å². The molecule has 5 nitrogen and oxygen atoms in total. The number of amides is 3. The third-order valence-corrected chi connectivity index (χ3v) is 5.97. The van der Waals surface area contributed by atoms with Gasteiger partial charge in [0.05, 0.1) is 22.5 Å². The monoisotopic (exact) mass is 428 g/mol. The first-order chi connectivity index (χ1) is 11.3. The molecule has 2 heterocycles. The number of carbonyl (C=O) groups excluding carboxylic acids is 2. The average Bonchev–Trinajstić information content (AvgIpc) is 3.06. The van der Waals surface area contributed by atoms with E-state index in [4.69, 9.17) is 16.3 Å². The number of benzene rings is 1. The highest BCUT2D eigenvalue weighted by atomic mass is 79.9. The second kappa shape index (κ2) is 6.38. The molecule has 0 radical (unpaired) electrons. The first kappa shape index (κ1) is 17.3. The number of thiophene rings is 1. The Morgan fingerprint density at radius 2 is 2.08 bits per heavy atom. The van der Waals surface area contributed by atoms with Crippen LogP contribution in [0.4, 0.5) is 4.79 Å². The van der Waals surface area contributed by atoms with Gasteiger partial charge >= 0.3 is 6.03 Å². The number of urea groups is 1. The molecule has 8 heteroatoms. The lowest BCUT2D eigenvalue weighted by Gasteiger charge is -2.20. The third kappa shape index (κ3) is 2.92. The second-order valence-electron chi connectivity index (χ2n) is 5.52. The molecule has 0 spiro atoms. The molecule has 2 aromatic rings. The van der Waals surface area contributed by atoms with Crippen molar-refractivity contribution in [2.24, 2.45) is 0 Å². The van der Waals surface area contributed by atoms with Crippen LogP contribution in [-0.2, 0) is 16.9 Å². The zero-order valence-electron chi connectivity index (χ0n) is 12.9. The van der Waals surface area contributed by atoms with Gasteiger partial charge in [0.2, 0.25) is 0 Å². The van der Waals surface area contributed by atoms with Gasteiger partial charge in [0, 0.05) is 4.88 Å². The summed E-state index contributed by atoms with van der Waals surface area (Å²) in [6.45, 7) is 1.88. The topological polar surface area (TPSA) is 58.6 Å². The summed E-state index contributed by atoms with van der Waals surface area (Å²) in [7, 11) is 1.58. The van der Waals surface area contributed by atoms with Gasteiger partial charge in [-0.25, -0.2) is 4.79 Å². The fourth-order valence-corrected chi connectivity index (χ4v) is 4.31. The number of carbonyl (C=O) groups is 2. The lowest BCUT2D eigenvalue weighted by atomic mass is 10.0. The fraction of sp³-hybridized carbons (Fsp3) is 0.250. The minimum Gasteiger partial charge on any atom is -0.496 e. The fourth-order valence-electron chi connectivity index (χ4n) is 2.58. The first-order valence-corrected chi connectivity index (χ1v) is 9.06. The summed E-state index contributed by atoms with van der Waals surface area (Å²) in [4.78, 5) is 27.1. The summed E-state index contributed by atoms with van der Waals surface area (Å²) in [5, 5.41) is 2.77. The second-order valence-corrected chi connectivity index (χ2v) is 8.09. The molecule has 3 amide bonds. The van der Waals surface area contributed by atoms with Gasteiger partial charge in [-0.1, -0.05) is 17.7 Å². The molecule has 1 atom stereocenters. The van der Waals surface area contributed by atoms with Crippen molar-refractivity contribution >= 4 is 50.8 Å². The normalized spacial score (nSPS) is 20.4. The molecule has 0 saturated carbocycles. The third-order valence-electron chi connectivity index (χ3n) is 3.90. The van der Waals surface area contributed by atoms with E-state index in [1.165, 1.54) is 16.2 Å². The number of hydrogen-bond donors (Lipinski definition) is 1. The molecule has 1 aromatic heterocycles. The number of ether oxygens (including phenoxy) is 1. The van der Waals surface area contributed by atoms with Gasteiger partial charge in [0.15, 0.2) is 5.54 Å². The van der Waals surface area contributed by atoms with Crippen LogP contribution >= 0.6 is 38.9 Å². The van der Waals surface area contributed by atoms with Crippen LogP contribution in [0, 0.1) is 0 Å². The molecule has 0 aliphatic carbocycles. The number of halogens is 2. The Balaban J connectivity index is 1.86. The minimum atomic E-state index is -1.08. The van der Waals surface area contributed by atoms with E-state index in [0.717, 1.165) is 10.0 Å². The van der Waals surface area contributed by atoms with Crippen LogP contribution in [0.25, 0.3) is 0 Å². The van der Waals surface area contributed by atoms with Gasteiger partial charge in [-0.2, -0.15) is 0 Å². The van der Waals surface area contributed by atoms with E-state index in [1.807, 2.05) is 12.1 Å². The molecule has 1 saturated heterocycles. The first-order valence-electron chi connectivity index (χ1n) is 7.07. The lowest BCUT2D eigenvalue weighted by molar-refractivity contribution is -0.131. The molecule has 0 unspecified atom stereocenters. The number of imide groups is 1. The smallest absolute Gasteiger partial charge is 0.325 e. The molecule has 0 bridgehead atoms. The number of nitrogens with zero attached hydrogens (tertiary/aromatic N) is 1. The number of rotatable bonds is 4. The van der Waals surface area contributed by atoms with Gasteiger partial charge in [0.25, 0.3) is 5.91 Å². The van der Waals surface area contributed by atoms with Crippen molar-refractivity contribution in [1.29, 1.82) is 0 Å². The van der Waals surface area contributed by atoms with Crippen LogP contribution in [0.1, 0.15) is 17.4 Å². The van der Waals surface area contributed by atoms with E-state index in [2.05, 4.69) is 21.2 Å². The Morgan fingerprint density at radius 3 is 2.67 bits per heavy atom. The van der Waals surface area contributed by atoms with Crippen molar-refractivity contribution in [2.75, 3.05) is 7.11 Å². The molecule has 1 fully saturated rings. The molecule has 1 aromatic carbocycles.